The van der Waals surface area contributed by atoms with Crippen molar-refractivity contribution < 1.29 is 0 Å². The molecule has 0 aliphatic carbocycles. The molecule has 0 saturated heterocycles. The van der Waals surface area contributed by atoms with Crippen LogP contribution in [0.4, 0.5) is 0 Å². The second-order valence-corrected chi connectivity index (χ2v) is 7.14. The summed E-state index contributed by atoms with van der Waals surface area (Å²) in [4.78, 5) is 7.21. The maximum Gasteiger partial charge on any atom is 0.0993 e. The third-order valence-corrected chi connectivity index (χ3v) is 5.00. The molecule has 0 amide bonds. The second-order valence-electron chi connectivity index (χ2n) is 7.14. The molecule has 0 bridgehead atoms. The van der Waals surface area contributed by atoms with Crippen molar-refractivity contribution in [2.75, 3.05) is 13.1 Å². The SMILES string of the molecule is CCCCCCCCCCCCC1=NCCN1Cc1ccccc1.Cl.N. The highest BCUT2D eigenvalue weighted by Gasteiger charge is 2.16. The molecule has 1 aliphatic heterocycles. The topological polar surface area (TPSA) is 50.6 Å². The zero-order valence-corrected chi connectivity index (χ0v) is 17.6. The van der Waals surface area contributed by atoms with Crippen LogP contribution in [0.15, 0.2) is 35.3 Å². The van der Waals surface area contributed by atoms with Crippen LogP contribution in [-0.2, 0) is 6.54 Å². The first-order chi connectivity index (χ1) is 11.9. The summed E-state index contributed by atoms with van der Waals surface area (Å²) in [5.74, 6) is 1.35. The molecule has 26 heavy (non-hydrogen) atoms. The third kappa shape index (κ3) is 10.2. The van der Waals surface area contributed by atoms with Gasteiger partial charge in [0.2, 0.25) is 0 Å². The van der Waals surface area contributed by atoms with Crippen molar-refractivity contribution in [1.82, 2.24) is 11.1 Å². The van der Waals surface area contributed by atoms with Gasteiger partial charge in [-0.1, -0.05) is 95.0 Å². The summed E-state index contributed by atoms with van der Waals surface area (Å²) < 4.78 is 0. The molecule has 0 atom stereocenters. The highest BCUT2D eigenvalue weighted by molar-refractivity contribution is 5.85. The molecule has 4 heteroatoms. The number of nitrogens with zero attached hydrogens (tertiary/aromatic N) is 2. The summed E-state index contributed by atoms with van der Waals surface area (Å²) in [6.07, 6.45) is 15.2. The lowest BCUT2D eigenvalue weighted by atomic mass is 10.1. The number of benzene rings is 1. The number of unbranched alkanes of at least 4 members (excludes halogenated alkanes) is 9. The molecular weight excluding hydrogens is 342 g/mol. The van der Waals surface area contributed by atoms with E-state index in [-0.39, 0.29) is 18.6 Å². The van der Waals surface area contributed by atoms with E-state index in [4.69, 9.17) is 4.99 Å². The Kier molecular flexibility index (Phi) is 15.5. The Labute approximate surface area is 167 Å². The predicted octanol–water partition coefficient (Wildman–Crippen LogP) is 6.80. The van der Waals surface area contributed by atoms with Crippen molar-refractivity contribution in [2.45, 2.75) is 84.1 Å². The van der Waals surface area contributed by atoms with Gasteiger partial charge in [-0.2, -0.15) is 0 Å². The Hall–Kier alpha value is -1.06. The first-order valence-electron chi connectivity index (χ1n) is 10.2. The molecule has 2 rings (SSSR count). The maximum atomic E-state index is 4.73. The molecule has 0 fully saturated rings. The quantitative estimate of drug-likeness (QED) is 0.382. The molecule has 3 nitrogen and oxygen atoms in total. The van der Waals surface area contributed by atoms with Crippen LogP contribution in [0.3, 0.4) is 0 Å². The minimum atomic E-state index is 0. The van der Waals surface area contributed by atoms with E-state index in [1.807, 2.05) is 0 Å². The van der Waals surface area contributed by atoms with Crippen LogP contribution < -0.4 is 6.15 Å². The molecule has 3 N–H and O–H groups in total. The molecule has 150 valence electrons. The fourth-order valence-corrected chi connectivity index (χ4v) is 3.51. The average molecular weight is 382 g/mol. The van der Waals surface area contributed by atoms with Gasteiger partial charge in [0.15, 0.2) is 0 Å². The minimum absolute atomic E-state index is 0. The van der Waals surface area contributed by atoms with Crippen LogP contribution in [0.2, 0.25) is 0 Å². The maximum absolute atomic E-state index is 4.73. The molecule has 0 radical (unpaired) electrons. The predicted molar refractivity (Wildman–Crippen MR) is 118 cm³/mol. The molecule has 0 saturated carbocycles. The monoisotopic (exact) mass is 381 g/mol. The van der Waals surface area contributed by atoms with Gasteiger partial charge in [-0.3, -0.25) is 4.99 Å². The minimum Gasteiger partial charge on any atom is -0.354 e. The smallest absolute Gasteiger partial charge is 0.0993 e. The molecule has 0 aromatic heterocycles. The van der Waals surface area contributed by atoms with Gasteiger partial charge in [0.25, 0.3) is 0 Å². The second kappa shape index (κ2) is 16.1. The normalized spacial score (nSPS) is 13.1. The zero-order valence-electron chi connectivity index (χ0n) is 16.8. The first-order valence-corrected chi connectivity index (χ1v) is 10.2. The highest BCUT2D eigenvalue weighted by Crippen LogP contribution is 2.15. The Morgan fingerprint density at radius 1 is 0.846 bits per heavy atom. The van der Waals surface area contributed by atoms with Crippen LogP contribution >= 0.6 is 12.4 Å². The van der Waals surface area contributed by atoms with Gasteiger partial charge >= 0.3 is 0 Å². The van der Waals surface area contributed by atoms with E-state index in [1.54, 1.807) is 0 Å². The fourth-order valence-electron chi connectivity index (χ4n) is 3.51. The van der Waals surface area contributed by atoms with E-state index in [9.17, 15) is 0 Å². The molecular formula is C22H40ClN3. The summed E-state index contributed by atoms with van der Waals surface area (Å²) in [6, 6.07) is 10.8. The molecule has 1 aliphatic rings. The van der Waals surface area contributed by atoms with E-state index in [2.05, 4.69) is 42.2 Å². The van der Waals surface area contributed by atoms with E-state index in [0.717, 1.165) is 19.6 Å². The van der Waals surface area contributed by atoms with E-state index in [0.29, 0.717) is 0 Å². The van der Waals surface area contributed by atoms with Gasteiger partial charge in [-0.15, -0.1) is 12.4 Å². The lowest BCUT2D eigenvalue weighted by Gasteiger charge is -2.20. The van der Waals surface area contributed by atoms with Crippen molar-refractivity contribution in [2.24, 2.45) is 4.99 Å². The van der Waals surface area contributed by atoms with Gasteiger partial charge in [0.1, 0.15) is 0 Å². The number of hydrogen-bond donors (Lipinski definition) is 1. The Bertz CT molecular complexity index is 462. The summed E-state index contributed by atoms with van der Waals surface area (Å²) >= 11 is 0. The number of aliphatic imine (C=N–C) groups is 1. The number of halogens is 1. The average Bonchev–Trinajstić information content (AvgIpc) is 3.04. The lowest BCUT2D eigenvalue weighted by Crippen LogP contribution is -2.27. The summed E-state index contributed by atoms with van der Waals surface area (Å²) in [5.41, 5.74) is 1.40. The fraction of sp³-hybridized carbons (Fsp3) is 0.682. The van der Waals surface area contributed by atoms with Crippen molar-refractivity contribution in [3.8, 4) is 0 Å². The van der Waals surface area contributed by atoms with Crippen LogP contribution in [0.1, 0.15) is 83.1 Å². The lowest BCUT2D eigenvalue weighted by molar-refractivity contribution is 0.440. The van der Waals surface area contributed by atoms with Crippen LogP contribution in [0.25, 0.3) is 0 Å². The van der Waals surface area contributed by atoms with Crippen molar-refractivity contribution in [1.29, 1.82) is 0 Å². The van der Waals surface area contributed by atoms with Gasteiger partial charge < -0.3 is 11.1 Å². The van der Waals surface area contributed by atoms with Crippen molar-refractivity contribution >= 4 is 18.2 Å². The number of amidine groups is 1. The zero-order chi connectivity index (χ0) is 16.9. The summed E-state index contributed by atoms with van der Waals surface area (Å²) in [5, 5.41) is 0. The van der Waals surface area contributed by atoms with Crippen molar-refractivity contribution in [3.05, 3.63) is 35.9 Å². The van der Waals surface area contributed by atoms with Crippen LogP contribution in [0, 0.1) is 0 Å². The standard InChI is InChI=1S/C22H36N2.ClH.H3N/c1-2-3-4-5-6-7-8-9-10-14-17-22-23-18-19-24(22)20-21-15-12-11-13-16-21;;/h11-13,15-16H,2-10,14,17-20H2,1H3;1H;1H3. The molecule has 1 aromatic rings. The number of hydrogen-bond acceptors (Lipinski definition) is 3. The third-order valence-electron chi connectivity index (χ3n) is 5.00. The Morgan fingerprint density at radius 3 is 2.04 bits per heavy atom. The van der Waals surface area contributed by atoms with Crippen molar-refractivity contribution in [3.63, 3.8) is 0 Å². The van der Waals surface area contributed by atoms with E-state index < -0.39 is 0 Å². The number of rotatable bonds is 13. The first kappa shape index (κ1) is 24.9. The Morgan fingerprint density at radius 2 is 1.42 bits per heavy atom. The van der Waals surface area contributed by atoms with Crippen LogP contribution in [0.5, 0.6) is 0 Å². The molecule has 0 spiro atoms. The van der Waals surface area contributed by atoms with E-state index in [1.165, 1.54) is 82.0 Å². The highest BCUT2D eigenvalue weighted by atomic mass is 35.5. The molecule has 0 unspecified atom stereocenters. The summed E-state index contributed by atoms with van der Waals surface area (Å²) in [6.45, 7) is 5.40. The summed E-state index contributed by atoms with van der Waals surface area (Å²) in [7, 11) is 0. The Balaban J connectivity index is 0.00000312. The van der Waals surface area contributed by atoms with Gasteiger partial charge in [-0.25, -0.2) is 0 Å². The van der Waals surface area contributed by atoms with Gasteiger partial charge in [-0.05, 0) is 12.0 Å². The van der Waals surface area contributed by atoms with Crippen LogP contribution in [-0.4, -0.2) is 23.8 Å². The van der Waals surface area contributed by atoms with Gasteiger partial charge in [0, 0.05) is 19.5 Å². The molecule has 1 heterocycles. The largest absolute Gasteiger partial charge is 0.354 e. The van der Waals surface area contributed by atoms with E-state index >= 15 is 0 Å². The molecule has 1 aromatic carbocycles. The van der Waals surface area contributed by atoms with Gasteiger partial charge in [0.05, 0.1) is 12.4 Å².